The Morgan fingerprint density at radius 2 is 2.04 bits per heavy atom. The lowest BCUT2D eigenvalue weighted by Crippen LogP contribution is -2.44. The number of non-ortho nitro benzene ring substituents is 1. The Balaban J connectivity index is 2.02. The van der Waals surface area contributed by atoms with Crippen LogP contribution >= 0.6 is 11.6 Å². The number of hydrogen-bond donors (Lipinski definition) is 1. The highest BCUT2D eigenvalue weighted by atomic mass is 35.5. The molecule has 142 valence electrons. The van der Waals surface area contributed by atoms with Crippen LogP contribution in [0.4, 0.5) is 11.4 Å². The van der Waals surface area contributed by atoms with Crippen LogP contribution in [-0.2, 0) is 9.59 Å². The number of nitro benzene ring substituents is 1. The van der Waals surface area contributed by atoms with E-state index < -0.39 is 11.0 Å². The molecular weight excluding hydrogens is 360 g/mol. The zero-order valence-electron chi connectivity index (χ0n) is 14.9. The molecule has 1 atom stereocenters. The maximum Gasteiger partial charge on any atom is 0.271 e. The van der Waals surface area contributed by atoms with Crippen molar-refractivity contribution in [3.8, 4) is 0 Å². The standard InChI is InChI=1S/C17H23ClN4O4/c1-3-16(23)21-8-4-7-20(9-10-21)12(2)17(24)19-15-11-13(22(25)26)5-6-14(15)18/h5-6,11-12H,3-4,7-10H2,1-2H3,(H,19,24). The van der Waals surface area contributed by atoms with Gasteiger partial charge in [0.15, 0.2) is 0 Å². The van der Waals surface area contributed by atoms with Crippen molar-refractivity contribution >= 4 is 34.8 Å². The summed E-state index contributed by atoms with van der Waals surface area (Å²) in [5.74, 6) is -0.171. The van der Waals surface area contributed by atoms with Crippen LogP contribution in [0.5, 0.6) is 0 Å². The number of nitrogens with one attached hydrogen (secondary N) is 1. The second kappa shape index (κ2) is 8.95. The first-order valence-electron chi connectivity index (χ1n) is 8.60. The lowest BCUT2D eigenvalue weighted by Gasteiger charge is -2.27. The van der Waals surface area contributed by atoms with Crippen LogP contribution in [0, 0.1) is 10.1 Å². The summed E-state index contributed by atoms with van der Waals surface area (Å²) in [6, 6.07) is 3.48. The second-order valence-electron chi connectivity index (χ2n) is 6.21. The maximum atomic E-state index is 12.6. The Morgan fingerprint density at radius 3 is 2.69 bits per heavy atom. The molecule has 0 bridgehead atoms. The van der Waals surface area contributed by atoms with Crippen molar-refractivity contribution in [2.24, 2.45) is 0 Å². The van der Waals surface area contributed by atoms with Crippen molar-refractivity contribution < 1.29 is 14.5 Å². The van der Waals surface area contributed by atoms with E-state index in [2.05, 4.69) is 5.32 Å². The minimum Gasteiger partial charge on any atom is -0.341 e. The number of halogens is 1. The first kappa shape index (κ1) is 20.1. The number of carbonyl (C=O) groups excluding carboxylic acids is 2. The molecular formula is C17H23ClN4O4. The Bertz CT molecular complexity index is 697. The summed E-state index contributed by atoms with van der Waals surface area (Å²) in [5, 5.41) is 13.8. The number of nitro groups is 1. The van der Waals surface area contributed by atoms with Gasteiger partial charge in [-0.3, -0.25) is 24.6 Å². The molecule has 9 heteroatoms. The van der Waals surface area contributed by atoms with E-state index in [9.17, 15) is 19.7 Å². The molecule has 1 saturated heterocycles. The van der Waals surface area contributed by atoms with E-state index in [-0.39, 0.29) is 28.2 Å². The van der Waals surface area contributed by atoms with Gasteiger partial charge >= 0.3 is 0 Å². The average Bonchev–Trinajstić information content (AvgIpc) is 2.88. The third-order valence-corrected chi connectivity index (χ3v) is 4.86. The number of anilines is 1. The lowest BCUT2D eigenvalue weighted by atomic mass is 10.2. The molecule has 0 saturated carbocycles. The third kappa shape index (κ3) is 4.92. The molecule has 2 rings (SSSR count). The minimum absolute atomic E-state index is 0.118. The molecule has 0 aliphatic carbocycles. The van der Waals surface area contributed by atoms with Crippen LogP contribution in [-0.4, -0.2) is 58.8 Å². The maximum absolute atomic E-state index is 12.6. The Morgan fingerprint density at radius 1 is 1.31 bits per heavy atom. The van der Waals surface area contributed by atoms with Gasteiger partial charge in [0, 0.05) is 44.7 Å². The molecule has 1 unspecified atom stereocenters. The predicted octanol–water partition coefficient (Wildman–Crippen LogP) is 2.52. The van der Waals surface area contributed by atoms with Crippen molar-refractivity contribution in [1.82, 2.24) is 9.80 Å². The molecule has 0 radical (unpaired) electrons. The Hall–Kier alpha value is -2.19. The van der Waals surface area contributed by atoms with Gasteiger partial charge in [-0.05, 0) is 19.4 Å². The molecule has 1 aliphatic heterocycles. The number of hydrogen-bond acceptors (Lipinski definition) is 5. The number of carbonyl (C=O) groups is 2. The topological polar surface area (TPSA) is 95.8 Å². The molecule has 2 amide bonds. The molecule has 1 fully saturated rings. The predicted molar refractivity (Wildman–Crippen MR) is 99.3 cm³/mol. The minimum atomic E-state index is -0.538. The van der Waals surface area contributed by atoms with E-state index >= 15 is 0 Å². The zero-order valence-corrected chi connectivity index (χ0v) is 15.7. The van der Waals surface area contributed by atoms with E-state index in [1.54, 1.807) is 6.92 Å². The first-order valence-corrected chi connectivity index (χ1v) is 8.98. The summed E-state index contributed by atoms with van der Waals surface area (Å²) in [7, 11) is 0. The average molecular weight is 383 g/mol. The molecule has 0 aromatic heterocycles. The van der Waals surface area contributed by atoms with Gasteiger partial charge in [-0.2, -0.15) is 0 Å². The normalized spacial score (nSPS) is 16.7. The van der Waals surface area contributed by atoms with Gasteiger partial charge in [0.25, 0.3) is 5.69 Å². The van der Waals surface area contributed by atoms with E-state index in [1.807, 2.05) is 16.7 Å². The van der Waals surface area contributed by atoms with Gasteiger partial charge in [0.05, 0.1) is 21.7 Å². The van der Waals surface area contributed by atoms with Crippen molar-refractivity contribution in [1.29, 1.82) is 0 Å². The molecule has 26 heavy (non-hydrogen) atoms. The van der Waals surface area contributed by atoms with Crippen molar-refractivity contribution in [2.75, 3.05) is 31.5 Å². The van der Waals surface area contributed by atoms with Gasteiger partial charge in [0.1, 0.15) is 0 Å². The van der Waals surface area contributed by atoms with Crippen molar-refractivity contribution in [2.45, 2.75) is 32.7 Å². The summed E-state index contributed by atoms with van der Waals surface area (Å²) >= 11 is 6.04. The van der Waals surface area contributed by atoms with E-state index in [1.165, 1.54) is 18.2 Å². The van der Waals surface area contributed by atoms with Crippen LogP contribution in [0.15, 0.2) is 18.2 Å². The summed E-state index contributed by atoms with van der Waals surface area (Å²) in [5.41, 5.74) is 0.0798. The first-order chi connectivity index (χ1) is 12.3. The summed E-state index contributed by atoms with van der Waals surface area (Å²) < 4.78 is 0. The number of nitrogens with zero attached hydrogens (tertiary/aromatic N) is 3. The van der Waals surface area contributed by atoms with Crippen molar-refractivity contribution in [3.05, 3.63) is 33.3 Å². The van der Waals surface area contributed by atoms with Crippen LogP contribution in [0.1, 0.15) is 26.7 Å². The summed E-state index contributed by atoms with van der Waals surface area (Å²) in [4.78, 5) is 38.6. The molecule has 1 aromatic carbocycles. The number of amides is 2. The van der Waals surface area contributed by atoms with Crippen LogP contribution in [0.2, 0.25) is 5.02 Å². The molecule has 1 heterocycles. The molecule has 1 N–H and O–H groups in total. The van der Waals surface area contributed by atoms with Gasteiger partial charge in [-0.1, -0.05) is 18.5 Å². The van der Waals surface area contributed by atoms with E-state index in [0.717, 1.165) is 6.42 Å². The largest absolute Gasteiger partial charge is 0.341 e. The molecule has 8 nitrogen and oxygen atoms in total. The van der Waals surface area contributed by atoms with Gasteiger partial charge in [-0.15, -0.1) is 0 Å². The second-order valence-corrected chi connectivity index (χ2v) is 6.62. The SMILES string of the molecule is CCC(=O)N1CCCN(C(C)C(=O)Nc2cc([N+](=O)[O-])ccc2Cl)CC1. The van der Waals surface area contributed by atoms with Crippen molar-refractivity contribution in [3.63, 3.8) is 0 Å². The summed E-state index contributed by atoms with van der Waals surface area (Å²) in [6.45, 7) is 6.19. The smallest absolute Gasteiger partial charge is 0.271 e. The van der Waals surface area contributed by atoms with Gasteiger partial charge in [-0.25, -0.2) is 0 Å². The highest BCUT2D eigenvalue weighted by molar-refractivity contribution is 6.33. The number of rotatable bonds is 5. The van der Waals surface area contributed by atoms with E-state index in [4.69, 9.17) is 11.6 Å². The van der Waals surface area contributed by atoms with Crippen LogP contribution < -0.4 is 5.32 Å². The monoisotopic (exact) mass is 382 g/mol. The third-order valence-electron chi connectivity index (χ3n) is 4.53. The fourth-order valence-corrected chi connectivity index (χ4v) is 3.09. The Kier molecular flexibility index (Phi) is 6.93. The summed E-state index contributed by atoms with van der Waals surface area (Å²) in [6.07, 6.45) is 1.27. The number of benzene rings is 1. The quantitative estimate of drug-likeness (QED) is 0.623. The molecule has 1 aromatic rings. The molecule has 1 aliphatic rings. The molecule has 0 spiro atoms. The fraction of sp³-hybridized carbons (Fsp3) is 0.529. The van der Waals surface area contributed by atoms with Crippen LogP contribution in [0.3, 0.4) is 0 Å². The van der Waals surface area contributed by atoms with Crippen LogP contribution in [0.25, 0.3) is 0 Å². The highest BCUT2D eigenvalue weighted by Crippen LogP contribution is 2.27. The highest BCUT2D eigenvalue weighted by Gasteiger charge is 2.26. The Labute approximate surface area is 157 Å². The fourth-order valence-electron chi connectivity index (χ4n) is 2.92. The van der Waals surface area contributed by atoms with E-state index in [0.29, 0.717) is 32.6 Å². The lowest BCUT2D eigenvalue weighted by molar-refractivity contribution is -0.384. The van der Waals surface area contributed by atoms with Gasteiger partial charge in [0.2, 0.25) is 11.8 Å². The van der Waals surface area contributed by atoms with Gasteiger partial charge < -0.3 is 10.2 Å². The zero-order chi connectivity index (χ0) is 19.3.